The molecule has 0 bridgehead atoms. The molecule has 17 heavy (non-hydrogen) atoms. The quantitative estimate of drug-likeness (QED) is 0.798. The lowest BCUT2D eigenvalue weighted by Crippen LogP contribution is -2.07. The van der Waals surface area contributed by atoms with Crippen LogP contribution in [0.4, 0.5) is 0 Å². The van der Waals surface area contributed by atoms with Crippen LogP contribution in [0.5, 0.6) is 0 Å². The van der Waals surface area contributed by atoms with Crippen molar-refractivity contribution < 1.29 is 9.90 Å². The molecule has 0 saturated heterocycles. The average molecular weight is 252 g/mol. The van der Waals surface area contributed by atoms with Gasteiger partial charge in [-0.2, -0.15) is 5.10 Å². The van der Waals surface area contributed by atoms with E-state index < -0.39 is 5.97 Å². The molecule has 0 unspecified atom stereocenters. The number of hydrogen-bond acceptors (Lipinski definition) is 4. The minimum absolute atomic E-state index is 0.0163. The molecule has 7 heteroatoms. The molecule has 90 valence electrons. The van der Waals surface area contributed by atoms with Crippen molar-refractivity contribution in [3.8, 4) is 0 Å². The third-order valence-electron chi connectivity index (χ3n) is 2.26. The molecule has 2 aromatic heterocycles. The van der Waals surface area contributed by atoms with Gasteiger partial charge in [-0.3, -0.25) is 9.48 Å². The number of aryl methyl sites for hydroxylation is 1. The zero-order valence-corrected chi connectivity index (χ0v) is 10.1. The van der Waals surface area contributed by atoms with Crippen LogP contribution in [0.2, 0.25) is 0 Å². The Labute approximate surface area is 102 Å². The van der Waals surface area contributed by atoms with Crippen molar-refractivity contribution in [3.63, 3.8) is 0 Å². The number of nitrogens with zero attached hydrogens (tertiary/aromatic N) is 4. The number of thioether (sulfide) groups is 1. The summed E-state index contributed by atoms with van der Waals surface area (Å²) >= 11 is 1.21. The molecule has 0 aliphatic heterocycles. The highest BCUT2D eigenvalue weighted by Crippen LogP contribution is 2.16. The van der Waals surface area contributed by atoms with Crippen LogP contribution in [-0.4, -0.2) is 36.2 Å². The minimum atomic E-state index is -0.843. The summed E-state index contributed by atoms with van der Waals surface area (Å²) in [7, 11) is 1.87. The zero-order chi connectivity index (χ0) is 12.3. The Bertz CT molecular complexity index is 520. The summed E-state index contributed by atoms with van der Waals surface area (Å²) < 4.78 is 3.69. The van der Waals surface area contributed by atoms with E-state index in [-0.39, 0.29) is 5.75 Å². The van der Waals surface area contributed by atoms with Gasteiger partial charge in [0.1, 0.15) is 0 Å². The van der Waals surface area contributed by atoms with Gasteiger partial charge in [0, 0.05) is 25.6 Å². The monoisotopic (exact) mass is 252 g/mol. The highest BCUT2D eigenvalue weighted by Gasteiger charge is 2.08. The Hall–Kier alpha value is -1.76. The van der Waals surface area contributed by atoms with E-state index in [0.717, 1.165) is 5.69 Å². The van der Waals surface area contributed by atoms with Gasteiger partial charge < -0.3 is 9.67 Å². The van der Waals surface area contributed by atoms with Gasteiger partial charge in [0.25, 0.3) is 0 Å². The third kappa shape index (κ3) is 2.88. The molecular weight excluding hydrogens is 240 g/mol. The van der Waals surface area contributed by atoms with Crippen LogP contribution in [-0.2, 0) is 18.4 Å². The van der Waals surface area contributed by atoms with Gasteiger partial charge in [-0.05, 0) is 6.07 Å². The summed E-state index contributed by atoms with van der Waals surface area (Å²) in [6.45, 7) is 0.637. The first kappa shape index (κ1) is 11.7. The summed E-state index contributed by atoms with van der Waals surface area (Å²) in [6, 6.07) is 1.92. The van der Waals surface area contributed by atoms with Crippen LogP contribution < -0.4 is 0 Å². The maximum absolute atomic E-state index is 10.5. The lowest BCUT2D eigenvalue weighted by atomic mass is 10.4. The molecule has 0 aliphatic carbocycles. The molecule has 0 radical (unpaired) electrons. The van der Waals surface area contributed by atoms with Gasteiger partial charge in [0.15, 0.2) is 5.16 Å². The van der Waals surface area contributed by atoms with Crippen LogP contribution in [0.15, 0.2) is 29.8 Å². The zero-order valence-electron chi connectivity index (χ0n) is 9.28. The first-order chi connectivity index (χ1) is 8.16. The number of carbonyl (C=O) groups is 1. The van der Waals surface area contributed by atoms with E-state index in [1.807, 2.05) is 23.9 Å². The van der Waals surface area contributed by atoms with E-state index in [1.54, 1.807) is 17.1 Å². The van der Waals surface area contributed by atoms with E-state index in [2.05, 4.69) is 10.1 Å². The van der Waals surface area contributed by atoms with E-state index in [0.29, 0.717) is 11.7 Å². The summed E-state index contributed by atoms with van der Waals surface area (Å²) in [5.74, 6) is -0.826. The summed E-state index contributed by atoms with van der Waals surface area (Å²) in [5.41, 5.74) is 1.04. The number of imidazole rings is 1. The summed E-state index contributed by atoms with van der Waals surface area (Å²) in [5, 5.41) is 13.4. The molecule has 6 nitrogen and oxygen atoms in total. The molecule has 2 heterocycles. The second kappa shape index (κ2) is 5.05. The number of rotatable bonds is 5. The maximum Gasteiger partial charge on any atom is 0.313 e. The second-order valence-electron chi connectivity index (χ2n) is 3.47. The largest absolute Gasteiger partial charge is 0.481 e. The predicted molar refractivity (Wildman–Crippen MR) is 62.9 cm³/mol. The third-order valence-corrected chi connectivity index (χ3v) is 3.25. The van der Waals surface area contributed by atoms with Gasteiger partial charge >= 0.3 is 5.97 Å². The van der Waals surface area contributed by atoms with Crippen molar-refractivity contribution >= 4 is 17.7 Å². The molecular formula is C10H12N4O2S. The summed E-state index contributed by atoms with van der Waals surface area (Å²) in [4.78, 5) is 14.6. The van der Waals surface area contributed by atoms with Gasteiger partial charge in [-0.1, -0.05) is 11.8 Å². The van der Waals surface area contributed by atoms with Crippen LogP contribution in [0, 0.1) is 0 Å². The fourth-order valence-corrected chi connectivity index (χ4v) is 2.09. The topological polar surface area (TPSA) is 72.9 Å². The minimum Gasteiger partial charge on any atom is -0.481 e. The van der Waals surface area contributed by atoms with E-state index in [4.69, 9.17) is 5.11 Å². The Kier molecular flexibility index (Phi) is 3.48. The molecule has 0 aliphatic rings. The van der Waals surface area contributed by atoms with Gasteiger partial charge in [-0.15, -0.1) is 0 Å². The fraction of sp³-hybridized carbons (Fsp3) is 0.300. The first-order valence-corrected chi connectivity index (χ1v) is 5.98. The molecule has 1 N–H and O–H groups in total. The molecule has 0 atom stereocenters. The van der Waals surface area contributed by atoms with E-state index in [9.17, 15) is 4.79 Å². The number of carboxylic acid groups (broad SMARTS) is 1. The summed E-state index contributed by atoms with van der Waals surface area (Å²) in [6.07, 6.45) is 5.23. The lowest BCUT2D eigenvalue weighted by Gasteiger charge is -2.06. The van der Waals surface area contributed by atoms with Crippen LogP contribution in [0.3, 0.4) is 0 Å². The van der Waals surface area contributed by atoms with Crippen LogP contribution in [0.1, 0.15) is 5.69 Å². The number of hydrogen-bond donors (Lipinski definition) is 1. The van der Waals surface area contributed by atoms with E-state index in [1.165, 1.54) is 11.8 Å². The maximum atomic E-state index is 10.5. The van der Waals surface area contributed by atoms with Crippen molar-refractivity contribution in [2.45, 2.75) is 11.7 Å². The Morgan fingerprint density at radius 1 is 1.53 bits per heavy atom. The molecule has 0 saturated carbocycles. The molecule has 2 rings (SSSR count). The van der Waals surface area contributed by atoms with Crippen LogP contribution >= 0.6 is 11.8 Å². The van der Waals surface area contributed by atoms with Crippen molar-refractivity contribution in [3.05, 3.63) is 30.4 Å². The number of carboxylic acids is 1. The van der Waals surface area contributed by atoms with Crippen molar-refractivity contribution in [1.29, 1.82) is 0 Å². The highest BCUT2D eigenvalue weighted by molar-refractivity contribution is 7.99. The molecule has 0 aromatic carbocycles. The number of aliphatic carboxylic acids is 1. The first-order valence-electron chi connectivity index (χ1n) is 4.99. The molecule has 0 fully saturated rings. The SMILES string of the molecule is Cn1nccc1Cn1ccnc1SCC(=O)O. The Morgan fingerprint density at radius 3 is 3.00 bits per heavy atom. The van der Waals surface area contributed by atoms with E-state index >= 15 is 0 Å². The van der Waals surface area contributed by atoms with Crippen molar-refractivity contribution in [2.75, 3.05) is 5.75 Å². The lowest BCUT2D eigenvalue weighted by molar-refractivity contribution is -0.133. The number of aromatic nitrogens is 4. The normalized spacial score (nSPS) is 10.6. The molecule has 2 aromatic rings. The van der Waals surface area contributed by atoms with Crippen molar-refractivity contribution in [1.82, 2.24) is 19.3 Å². The van der Waals surface area contributed by atoms with Gasteiger partial charge in [0.2, 0.25) is 0 Å². The van der Waals surface area contributed by atoms with Gasteiger partial charge in [0.05, 0.1) is 18.0 Å². The fourth-order valence-electron chi connectivity index (χ4n) is 1.41. The van der Waals surface area contributed by atoms with Crippen LogP contribution in [0.25, 0.3) is 0 Å². The molecule has 0 spiro atoms. The van der Waals surface area contributed by atoms with Gasteiger partial charge in [-0.25, -0.2) is 4.98 Å². The Morgan fingerprint density at radius 2 is 2.35 bits per heavy atom. The predicted octanol–water partition coefficient (Wildman–Crippen LogP) is 0.842. The standard InChI is InChI=1S/C10H12N4O2S/c1-13-8(2-3-12-13)6-14-5-4-11-10(14)17-7-9(15)16/h2-5H,6-7H2,1H3,(H,15,16). The second-order valence-corrected chi connectivity index (χ2v) is 4.41. The average Bonchev–Trinajstić information content (AvgIpc) is 2.87. The van der Waals surface area contributed by atoms with Crippen molar-refractivity contribution in [2.24, 2.45) is 7.05 Å². The highest BCUT2D eigenvalue weighted by atomic mass is 32.2. The molecule has 0 amide bonds. The Balaban J connectivity index is 2.09. The smallest absolute Gasteiger partial charge is 0.313 e.